The fraction of sp³-hybridized carbons (Fsp3) is 0.182. The smallest absolute Gasteiger partial charge is 0.127 e. The molecular weight excluding hydrogens is 328 g/mol. The minimum absolute atomic E-state index is 0.761. The summed E-state index contributed by atoms with van der Waals surface area (Å²) < 4.78 is 22.0. The van der Waals surface area contributed by atoms with Gasteiger partial charge in [-0.1, -0.05) is 24.3 Å². The second kappa shape index (κ2) is 7.83. The van der Waals surface area contributed by atoms with Gasteiger partial charge >= 0.3 is 0 Å². The lowest BCUT2D eigenvalue weighted by atomic mass is 9.97. The van der Waals surface area contributed by atoms with Crippen LogP contribution in [-0.2, 0) is 0 Å². The molecular formula is C22H22O4. The number of rotatable bonds is 6. The molecule has 0 spiro atoms. The van der Waals surface area contributed by atoms with Crippen LogP contribution in [-0.4, -0.2) is 28.4 Å². The Balaban J connectivity index is 2.17. The summed E-state index contributed by atoms with van der Waals surface area (Å²) in [6, 6.07) is 19.7. The predicted molar refractivity (Wildman–Crippen MR) is 104 cm³/mol. The number of hydrogen-bond acceptors (Lipinski definition) is 4. The van der Waals surface area contributed by atoms with Gasteiger partial charge in [-0.15, -0.1) is 0 Å². The molecule has 26 heavy (non-hydrogen) atoms. The van der Waals surface area contributed by atoms with Gasteiger partial charge in [-0.25, -0.2) is 0 Å². The Hall–Kier alpha value is -3.14. The lowest BCUT2D eigenvalue weighted by molar-refractivity contribution is 0.405. The normalized spacial score (nSPS) is 10.3. The maximum atomic E-state index is 5.66. The highest BCUT2D eigenvalue weighted by Gasteiger charge is 2.15. The van der Waals surface area contributed by atoms with Crippen LogP contribution in [0.15, 0.2) is 60.7 Å². The van der Waals surface area contributed by atoms with Crippen molar-refractivity contribution in [2.24, 2.45) is 0 Å². The van der Waals surface area contributed by atoms with Gasteiger partial charge in [0.15, 0.2) is 0 Å². The summed E-state index contributed by atoms with van der Waals surface area (Å²) in [6.07, 6.45) is 0. The first-order valence-corrected chi connectivity index (χ1v) is 8.25. The molecule has 4 nitrogen and oxygen atoms in total. The Bertz CT molecular complexity index is 827. The maximum Gasteiger partial charge on any atom is 0.127 e. The van der Waals surface area contributed by atoms with Gasteiger partial charge in [0.2, 0.25) is 0 Å². The Morgan fingerprint density at radius 3 is 1.27 bits per heavy atom. The molecule has 3 rings (SSSR count). The standard InChI is InChI=1S/C22H22O4/c1-23-17-9-5-7-15(11-17)19-13-22(26-4)20(14-21(19)25-3)16-8-6-10-18(12-16)24-2/h5-14H,1-4H3. The maximum absolute atomic E-state index is 5.66. The van der Waals surface area contributed by atoms with Crippen LogP contribution in [0.1, 0.15) is 0 Å². The molecule has 0 aliphatic carbocycles. The van der Waals surface area contributed by atoms with Gasteiger partial charge in [0, 0.05) is 11.1 Å². The number of benzene rings is 3. The Labute approximate surface area is 153 Å². The first kappa shape index (κ1) is 17.7. The minimum atomic E-state index is 0.761. The quantitative estimate of drug-likeness (QED) is 0.623. The minimum Gasteiger partial charge on any atom is -0.497 e. The van der Waals surface area contributed by atoms with Gasteiger partial charge in [-0.05, 0) is 47.5 Å². The van der Waals surface area contributed by atoms with E-state index in [9.17, 15) is 0 Å². The second-order valence-electron chi connectivity index (χ2n) is 5.72. The predicted octanol–water partition coefficient (Wildman–Crippen LogP) is 5.06. The zero-order valence-electron chi connectivity index (χ0n) is 15.4. The highest BCUT2D eigenvalue weighted by molar-refractivity contribution is 5.82. The Kier molecular flexibility index (Phi) is 5.32. The molecule has 0 aliphatic heterocycles. The topological polar surface area (TPSA) is 36.9 Å². The van der Waals surface area contributed by atoms with Crippen LogP contribution in [0.5, 0.6) is 23.0 Å². The highest BCUT2D eigenvalue weighted by atomic mass is 16.5. The molecule has 0 atom stereocenters. The van der Waals surface area contributed by atoms with Crippen molar-refractivity contribution in [2.75, 3.05) is 28.4 Å². The van der Waals surface area contributed by atoms with E-state index in [0.29, 0.717) is 0 Å². The van der Waals surface area contributed by atoms with Crippen molar-refractivity contribution >= 4 is 0 Å². The van der Waals surface area contributed by atoms with Crippen LogP contribution < -0.4 is 18.9 Å². The Morgan fingerprint density at radius 1 is 0.500 bits per heavy atom. The van der Waals surface area contributed by atoms with Gasteiger partial charge < -0.3 is 18.9 Å². The molecule has 4 heteroatoms. The molecule has 0 radical (unpaired) electrons. The molecule has 0 saturated heterocycles. The summed E-state index contributed by atoms with van der Waals surface area (Å²) in [6.45, 7) is 0. The van der Waals surface area contributed by atoms with Gasteiger partial charge in [0.25, 0.3) is 0 Å². The molecule has 3 aromatic carbocycles. The molecule has 0 fully saturated rings. The molecule has 0 aromatic heterocycles. The molecule has 0 heterocycles. The van der Waals surface area contributed by atoms with Crippen LogP contribution >= 0.6 is 0 Å². The molecule has 0 bridgehead atoms. The van der Waals surface area contributed by atoms with Crippen molar-refractivity contribution < 1.29 is 18.9 Å². The lowest BCUT2D eigenvalue weighted by Crippen LogP contribution is -1.95. The van der Waals surface area contributed by atoms with Crippen LogP contribution in [0, 0.1) is 0 Å². The van der Waals surface area contributed by atoms with Gasteiger partial charge in [0.1, 0.15) is 23.0 Å². The van der Waals surface area contributed by atoms with E-state index in [1.165, 1.54) is 0 Å². The van der Waals surface area contributed by atoms with Crippen molar-refractivity contribution in [3.8, 4) is 45.3 Å². The summed E-state index contributed by atoms with van der Waals surface area (Å²) in [5, 5.41) is 0. The molecule has 0 amide bonds. The van der Waals surface area contributed by atoms with Gasteiger partial charge in [-0.2, -0.15) is 0 Å². The fourth-order valence-corrected chi connectivity index (χ4v) is 2.93. The van der Waals surface area contributed by atoms with E-state index in [2.05, 4.69) is 0 Å². The SMILES string of the molecule is COc1cccc(-c2cc(OC)c(-c3cccc(OC)c3)cc2OC)c1. The third-order valence-corrected chi connectivity index (χ3v) is 4.28. The van der Waals surface area contributed by atoms with Gasteiger partial charge in [-0.3, -0.25) is 0 Å². The molecule has 0 saturated carbocycles. The van der Waals surface area contributed by atoms with Crippen molar-refractivity contribution in [1.82, 2.24) is 0 Å². The second-order valence-corrected chi connectivity index (χ2v) is 5.72. The average Bonchev–Trinajstić information content (AvgIpc) is 2.72. The third-order valence-electron chi connectivity index (χ3n) is 4.28. The van der Waals surface area contributed by atoms with Crippen molar-refractivity contribution in [2.45, 2.75) is 0 Å². The van der Waals surface area contributed by atoms with E-state index in [0.717, 1.165) is 45.3 Å². The monoisotopic (exact) mass is 350 g/mol. The molecule has 0 aliphatic rings. The summed E-state index contributed by atoms with van der Waals surface area (Å²) in [5.41, 5.74) is 3.87. The third kappa shape index (κ3) is 3.45. The molecule has 3 aromatic rings. The average molecular weight is 350 g/mol. The molecule has 134 valence electrons. The van der Waals surface area contributed by atoms with E-state index in [-0.39, 0.29) is 0 Å². The van der Waals surface area contributed by atoms with Gasteiger partial charge in [0.05, 0.1) is 28.4 Å². The van der Waals surface area contributed by atoms with Crippen molar-refractivity contribution in [3.05, 3.63) is 60.7 Å². The van der Waals surface area contributed by atoms with E-state index >= 15 is 0 Å². The van der Waals surface area contributed by atoms with Crippen LogP contribution in [0.4, 0.5) is 0 Å². The molecule has 0 N–H and O–H groups in total. The summed E-state index contributed by atoms with van der Waals surface area (Å²) >= 11 is 0. The number of hydrogen-bond donors (Lipinski definition) is 0. The largest absolute Gasteiger partial charge is 0.497 e. The van der Waals surface area contributed by atoms with Crippen LogP contribution in [0.25, 0.3) is 22.3 Å². The molecule has 0 unspecified atom stereocenters. The van der Waals surface area contributed by atoms with E-state index < -0.39 is 0 Å². The zero-order chi connectivity index (χ0) is 18.5. The Morgan fingerprint density at radius 2 is 0.923 bits per heavy atom. The summed E-state index contributed by atoms with van der Waals surface area (Å²) in [4.78, 5) is 0. The van der Waals surface area contributed by atoms with Crippen LogP contribution in [0.2, 0.25) is 0 Å². The van der Waals surface area contributed by atoms with Crippen molar-refractivity contribution in [3.63, 3.8) is 0 Å². The first-order chi connectivity index (χ1) is 12.7. The summed E-state index contributed by atoms with van der Waals surface area (Å²) in [7, 11) is 6.65. The highest BCUT2D eigenvalue weighted by Crippen LogP contribution is 2.41. The lowest BCUT2D eigenvalue weighted by Gasteiger charge is -2.16. The summed E-state index contributed by atoms with van der Waals surface area (Å²) in [5.74, 6) is 3.11. The number of ether oxygens (including phenoxy) is 4. The van der Waals surface area contributed by atoms with E-state index in [4.69, 9.17) is 18.9 Å². The zero-order valence-corrected chi connectivity index (χ0v) is 15.4. The van der Waals surface area contributed by atoms with Crippen molar-refractivity contribution in [1.29, 1.82) is 0 Å². The number of methoxy groups -OCH3 is 4. The van der Waals surface area contributed by atoms with Crippen LogP contribution in [0.3, 0.4) is 0 Å². The van der Waals surface area contributed by atoms with E-state index in [1.54, 1.807) is 28.4 Å². The first-order valence-electron chi connectivity index (χ1n) is 8.25. The van der Waals surface area contributed by atoms with E-state index in [1.807, 2.05) is 60.7 Å². The fourth-order valence-electron chi connectivity index (χ4n) is 2.93.